The molecular weight excluding hydrogens is 424 g/mol. The molecule has 0 aromatic carbocycles. The summed E-state index contributed by atoms with van der Waals surface area (Å²) in [5.74, 6) is 0.391. The van der Waals surface area contributed by atoms with Crippen molar-refractivity contribution in [3.63, 3.8) is 0 Å². The number of aromatic amines is 1. The smallest absolute Gasteiger partial charge is 0.253 e. The van der Waals surface area contributed by atoms with Crippen LogP contribution in [0.1, 0.15) is 40.9 Å². The number of thiophene rings is 1. The molecular formula is C22H22N8OS. The van der Waals surface area contributed by atoms with Crippen LogP contribution >= 0.6 is 11.3 Å². The van der Waals surface area contributed by atoms with E-state index in [4.69, 9.17) is 4.98 Å². The van der Waals surface area contributed by atoms with Gasteiger partial charge in [0.25, 0.3) is 5.91 Å². The van der Waals surface area contributed by atoms with Crippen LogP contribution in [-0.2, 0) is 6.54 Å². The first-order valence-corrected chi connectivity index (χ1v) is 11.1. The van der Waals surface area contributed by atoms with Gasteiger partial charge in [-0.2, -0.15) is 10.2 Å². The summed E-state index contributed by atoms with van der Waals surface area (Å²) >= 11 is 1.70. The average Bonchev–Trinajstić information content (AvgIpc) is 3.59. The second kappa shape index (κ2) is 8.04. The molecule has 5 rings (SSSR count). The van der Waals surface area contributed by atoms with Crippen LogP contribution in [0.25, 0.3) is 27.5 Å². The fourth-order valence-electron chi connectivity index (χ4n) is 3.74. The highest BCUT2D eigenvalue weighted by molar-refractivity contribution is 7.15. The molecule has 5 heterocycles. The van der Waals surface area contributed by atoms with E-state index in [9.17, 15) is 4.79 Å². The zero-order chi connectivity index (χ0) is 22.2. The van der Waals surface area contributed by atoms with Gasteiger partial charge in [0.1, 0.15) is 17.8 Å². The Hall–Kier alpha value is -3.79. The van der Waals surface area contributed by atoms with Crippen molar-refractivity contribution in [2.24, 2.45) is 0 Å². The first kappa shape index (κ1) is 20.1. The van der Waals surface area contributed by atoms with Gasteiger partial charge in [-0.15, -0.1) is 11.3 Å². The van der Waals surface area contributed by atoms with Crippen molar-refractivity contribution in [3.8, 4) is 21.8 Å². The molecule has 2 N–H and O–H groups in total. The number of H-pyrrole nitrogens is 1. The Labute approximate surface area is 188 Å². The summed E-state index contributed by atoms with van der Waals surface area (Å²) < 4.78 is 3.89. The van der Waals surface area contributed by atoms with Crippen molar-refractivity contribution in [1.29, 1.82) is 0 Å². The molecule has 162 valence electrons. The van der Waals surface area contributed by atoms with Crippen molar-refractivity contribution in [2.75, 3.05) is 0 Å². The Morgan fingerprint density at radius 2 is 2.12 bits per heavy atom. The van der Waals surface area contributed by atoms with Crippen molar-refractivity contribution in [2.45, 2.75) is 33.4 Å². The largest absolute Gasteiger partial charge is 0.342 e. The Bertz CT molecular complexity index is 1390. The van der Waals surface area contributed by atoms with Crippen LogP contribution in [0.2, 0.25) is 0 Å². The molecule has 0 aliphatic rings. The molecule has 0 radical (unpaired) electrons. The maximum atomic E-state index is 13.2. The molecule has 1 unspecified atom stereocenters. The van der Waals surface area contributed by atoms with Crippen LogP contribution in [0, 0.1) is 6.92 Å². The van der Waals surface area contributed by atoms with Gasteiger partial charge in [-0.25, -0.2) is 9.97 Å². The molecule has 1 amide bonds. The fourth-order valence-corrected chi connectivity index (χ4v) is 4.61. The highest BCUT2D eigenvalue weighted by Gasteiger charge is 2.20. The zero-order valence-corrected chi connectivity index (χ0v) is 18.7. The van der Waals surface area contributed by atoms with E-state index in [1.165, 1.54) is 11.2 Å². The lowest BCUT2D eigenvalue weighted by molar-refractivity contribution is 0.0938. The third-order valence-electron chi connectivity index (χ3n) is 5.34. The molecule has 32 heavy (non-hydrogen) atoms. The molecule has 0 aliphatic heterocycles. The normalized spacial score (nSPS) is 12.3. The van der Waals surface area contributed by atoms with Gasteiger partial charge in [0.15, 0.2) is 0 Å². The quantitative estimate of drug-likeness (QED) is 0.412. The van der Waals surface area contributed by atoms with Crippen molar-refractivity contribution < 1.29 is 4.79 Å². The summed E-state index contributed by atoms with van der Waals surface area (Å²) in [6, 6.07) is 7.67. The summed E-state index contributed by atoms with van der Waals surface area (Å²) in [5, 5.41) is 14.1. The van der Waals surface area contributed by atoms with Crippen molar-refractivity contribution in [3.05, 3.63) is 65.4 Å². The molecule has 0 saturated heterocycles. The molecule has 0 saturated carbocycles. The lowest BCUT2D eigenvalue weighted by Crippen LogP contribution is -2.27. The number of nitrogens with one attached hydrogen (secondary N) is 2. The van der Waals surface area contributed by atoms with Crippen molar-refractivity contribution in [1.82, 2.24) is 39.7 Å². The minimum atomic E-state index is -0.312. The number of hydrogen-bond acceptors (Lipinski definition) is 6. The van der Waals surface area contributed by atoms with Gasteiger partial charge in [-0.1, -0.05) is 0 Å². The lowest BCUT2D eigenvalue weighted by Gasteiger charge is -2.14. The van der Waals surface area contributed by atoms with Gasteiger partial charge in [-0.3, -0.25) is 19.0 Å². The Kier molecular flexibility index (Phi) is 5.06. The molecule has 0 aliphatic carbocycles. The third kappa shape index (κ3) is 3.48. The number of rotatable bonds is 6. The number of imidazole rings is 1. The van der Waals surface area contributed by atoms with E-state index in [1.54, 1.807) is 17.5 Å². The van der Waals surface area contributed by atoms with E-state index in [0.717, 1.165) is 27.5 Å². The first-order chi connectivity index (χ1) is 15.5. The summed E-state index contributed by atoms with van der Waals surface area (Å²) in [6.07, 6.45) is 6.89. The second-order valence-electron chi connectivity index (χ2n) is 7.49. The molecule has 9 nitrogen and oxygen atoms in total. The number of hydrogen-bond donors (Lipinski definition) is 2. The van der Waals surface area contributed by atoms with Gasteiger partial charge >= 0.3 is 0 Å². The van der Waals surface area contributed by atoms with Crippen LogP contribution in [0.15, 0.2) is 49.2 Å². The van der Waals surface area contributed by atoms with E-state index < -0.39 is 0 Å². The van der Waals surface area contributed by atoms with Gasteiger partial charge in [0.2, 0.25) is 0 Å². The molecule has 0 spiro atoms. The summed E-state index contributed by atoms with van der Waals surface area (Å²) in [6.45, 7) is 6.69. The number of fused-ring (bicyclic) bond motifs is 1. The number of aromatic nitrogens is 7. The predicted molar refractivity (Wildman–Crippen MR) is 122 cm³/mol. The zero-order valence-electron chi connectivity index (χ0n) is 17.9. The summed E-state index contributed by atoms with van der Waals surface area (Å²) in [4.78, 5) is 24.4. The van der Waals surface area contributed by atoms with Crippen LogP contribution in [0.5, 0.6) is 0 Å². The summed E-state index contributed by atoms with van der Waals surface area (Å²) in [7, 11) is 0. The van der Waals surface area contributed by atoms with Gasteiger partial charge < -0.3 is 5.32 Å². The van der Waals surface area contributed by atoms with Crippen LogP contribution in [0.3, 0.4) is 0 Å². The van der Waals surface area contributed by atoms with Crippen molar-refractivity contribution >= 4 is 22.9 Å². The number of pyridine rings is 1. The molecule has 1 atom stereocenters. The standard InChI is InChI=1S/C22H22N8OS/c1-4-30-17(7-8-26-30)16-9-15(22(31)27-14(3)20-24-12-25-28-20)11-29-18(10-23-21(16)29)19-6-5-13(2)32-19/h5-12,14H,4H2,1-3H3,(H,27,31)(H,24,25,28). The van der Waals surface area contributed by atoms with Crippen LogP contribution < -0.4 is 5.32 Å². The fraction of sp³-hybridized carbons (Fsp3) is 0.227. The van der Waals surface area contributed by atoms with E-state index in [2.05, 4.69) is 44.7 Å². The molecule has 5 aromatic rings. The van der Waals surface area contributed by atoms with Crippen LogP contribution in [-0.4, -0.2) is 40.3 Å². The van der Waals surface area contributed by atoms with E-state index in [-0.39, 0.29) is 11.9 Å². The highest BCUT2D eigenvalue weighted by Crippen LogP contribution is 2.32. The average molecular weight is 447 g/mol. The lowest BCUT2D eigenvalue weighted by atomic mass is 10.1. The molecule has 5 aromatic heterocycles. The molecule has 0 fully saturated rings. The van der Waals surface area contributed by atoms with Gasteiger partial charge in [-0.05, 0) is 45.0 Å². The first-order valence-electron chi connectivity index (χ1n) is 10.3. The van der Waals surface area contributed by atoms with Gasteiger partial charge in [0, 0.05) is 29.4 Å². The Balaban J connectivity index is 1.65. The number of nitrogens with zero attached hydrogens (tertiary/aromatic N) is 6. The number of carbonyl (C=O) groups is 1. The highest BCUT2D eigenvalue weighted by atomic mass is 32.1. The molecule has 10 heteroatoms. The number of amides is 1. The van der Waals surface area contributed by atoms with Crippen LogP contribution in [0.4, 0.5) is 0 Å². The predicted octanol–water partition coefficient (Wildman–Crippen LogP) is 3.86. The number of aryl methyl sites for hydroxylation is 2. The maximum absolute atomic E-state index is 13.2. The summed E-state index contributed by atoms with van der Waals surface area (Å²) in [5.41, 5.74) is 4.01. The maximum Gasteiger partial charge on any atom is 0.253 e. The monoisotopic (exact) mass is 446 g/mol. The second-order valence-corrected chi connectivity index (χ2v) is 8.78. The van der Waals surface area contributed by atoms with E-state index >= 15 is 0 Å². The SMILES string of the molecule is CCn1nccc1-c1cc(C(=O)NC(C)c2ncn[nH]2)cn2c(-c3ccc(C)s3)cnc12. The minimum Gasteiger partial charge on any atom is -0.342 e. The number of carbonyl (C=O) groups excluding carboxylic acids is 1. The van der Waals surface area contributed by atoms with E-state index in [1.807, 2.05) is 47.5 Å². The Morgan fingerprint density at radius 1 is 1.25 bits per heavy atom. The van der Waals surface area contributed by atoms with E-state index in [0.29, 0.717) is 17.9 Å². The third-order valence-corrected chi connectivity index (χ3v) is 6.37. The topological polar surface area (TPSA) is 106 Å². The Morgan fingerprint density at radius 3 is 2.84 bits per heavy atom. The molecule has 0 bridgehead atoms. The minimum absolute atomic E-state index is 0.207. The van der Waals surface area contributed by atoms with Gasteiger partial charge in [0.05, 0.1) is 34.1 Å².